The molecule has 4 rings (SSSR count). The number of piperidine rings is 2. The van der Waals surface area contributed by atoms with Crippen LogP contribution in [-0.2, 0) is 4.79 Å². The van der Waals surface area contributed by atoms with Crippen molar-refractivity contribution in [2.45, 2.75) is 51.7 Å². The Morgan fingerprint density at radius 3 is 2.55 bits per heavy atom. The first-order chi connectivity index (χ1) is 14.9. The number of hydrogen-bond donors (Lipinski definition) is 2. The van der Waals surface area contributed by atoms with Crippen LogP contribution in [0, 0.1) is 6.92 Å². The number of aliphatic hydroxyl groups excluding tert-OH is 1. The first kappa shape index (κ1) is 21.7. The molecule has 0 spiro atoms. The standard InChI is InChI=1S/C22H29N5O3S/c1-14-5-6-19(31-14)21-24-18(22(30)27-9-3-4-17(29)13-27)12-20(25-21)23-16-7-10-26(11-8-16)15(2)28/h5-6,12,16-17,29H,3-4,7-11,13H2,1-2H3,(H,23,24,25). The van der Waals surface area contributed by atoms with E-state index in [0.717, 1.165) is 35.4 Å². The van der Waals surface area contributed by atoms with Gasteiger partial charge in [0.15, 0.2) is 5.82 Å². The number of carbonyl (C=O) groups is 2. The second-order valence-electron chi connectivity index (χ2n) is 8.34. The Hall–Kier alpha value is -2.52. The molecule has 1 unspecified atom stereocenters. The Morgan fingerprint density at radius 2 is 1.90 bits per heavy atom. The van der Waals surface area contributed by atoms with Gasteiger partial charge in [-0.2, -0.15) is 0 Å². The van der Waals surface area contributed by atoms with E-state index in [0.29, 0.717) is 43.5 Å². The molecule has 0 bridgehead atoms. The average Bonchev–Trinajstić information content (AvgIpc) is 3.20. The van der Waals surface area contributed by atoms with Crippen molar-refractivity contribution in [3.63, 3.8) is 0 Å². The number of rotatable bonds is 4. The van der Waals surface area contributed by atoms with Gasteiger partial charge in [0.25, 0.3) is 5.91 Å². The quantitative estimate of drug-likeness (QED) is 0.754. The van der Waals surface area contributed by atoms with Crippen LogP contribution in [0.2, 0.25) is 0 Å². The zero-order chi connectivity index (χ0) is 22.0. The van der Waals surface area contributed by atoms with Crippen molar-refractivity contribution in [1.82, 2.24) is 19.8 Å². The lowest BCUT2D eigenvalue weighted by Crippen LogP contribution is -2.42. The summed E-state index contributed by atoms with van der Waals surface area (Å²) in [7, 11) is 0. The normalized spacial score (nSPS) is 20.0. The van der Waals surface area contributed by atoms with Gasteiger partial charge in [0.1, 0.15) is 11.5 Å². The molecule has 8 nitrogen and oxygen atoms in total. The van der Waals surface area contributed by atoms with Crippen molar-refractivity contribution in [1.29, 1.82) is 0 Å². The molecule has 2 saturated heterocycles. The van der Waals surface area contributed by atoms with E-state index < -0.39 is 6.10 Å². The SMILES string of the molecule is CC(=O)N1CCC(Nc2cc(C(=O)N3CCCC(O)C3)nc(-c3ccc(C)s3)n2)CC1. The molecule has 1 atom stereocenters. The first-order valence-electron chi connectivity index (χ1n) is 10.8. The molecule has 2 fully saturated rings. The Balaban J connectivity index is 1.58. The molecule has 0 aliphatic carbocycles. The fourth-order valence-corrected chi connectivity index (χ4v) is 4.95. The lowest BCUT2D eigenvalue weighted by molar-refractivity contribution is -0.129. The molecule has 4 heterocycles. The van der Waals surface area contributed by atoms with Crippen molar-refractivity contribution in [3.8, 4) is 10.7 Å². The highest BCUT2D eigenvalue weighted by Gasteiger charge is 2.26. The number of thiophene rings is 1. The number of β-amino-alcohol motifs (C(OH)–C–C–N with tert-alkyl or cyclic N) is 1. The Kier molecular flexibility index (Phi) is 6.52. The second kappa shape index (κ2) is 9.32. The van der Waals surface area contributed by atoms with Gasteiger partial charge in [0.2, 0.25) is 5.91 Å². The summed E-state index contributed by atoms with van der Waals surface area (Å²) in [5.74, 6) is 1.08. The molecule has 2 aliphatic rings. The molecule has 2 aromatic rings. The van der Waals surface area contributed by atoms with E-state index in [-0.39, 0.29) is 17.9 Å². The number of aromatic nitrogens is 2. The number of nitrogens with one attached hydrogen (secondary N) is 1. The van der Waals surface area contributed by atoms with Crippen molar-refractivity contribution in [2.24, 2.45) is 0 Å². The fourth-order valence-electron chi connectivity index (χ4n) is 4.14. The summed E-state index contributed by atoms with van der Waals surface area (Å²) in [4.78, 5) is 39.6. The smallest absolute Gasteiger partial charge is 0.272 e. The monoisotopic (exact) mass is 443 g/mol. The first-order valence-corrected chi connectivity index (χ1v) is 11.7. The number of nitrogens with zero attached hydrogens (tertiary/aromatic N) is 4. The number of amides is 2. The molecule has 2 amide bonds. The molecular formula is C22H29N5O3S. The Morgan fingerprint density at radius 1 is 1.13 bits per heavy atom. The lowest BCUT2D eigenvalue weighted by atomic mass is 10.0. The van der Waals surface area contributed by atoms with E-state index in [1.807, 2.05) is 24.0 Å². The van der Waals surface area contributed by atoms with Gasteiger partial charge < -0.3 is 20.2 Å². The van der Waals surface area contributed by atoms with Crippen LogP contribution in [-0.4, -0.2) is 75.0 Å². The molecule has 9 heteroatoms. The minimum Gasteiger partial charge on any atom is -0.391 e. The van der Waals surface area contributed by atoms with Crippen LogP contribution in [0.5, 0.6) is 0 Å². The summed E-state index contributed by atoms with van der Waals surface area (Å²) in [6.45, 7) is 6.02. The minimum absolute atomic E-state index is 0.104. The van der Waals surface area contributed by atoms with E-state index in [2.05, 4.69) is 10.3 Å². The van der Waals surface area contributed by atoms with Crippen LogP contribution in [0.1, 0.15) is 48.0 Å². The van der Waals surface area contributed by atoms with Crippen molar-refractivity contribution >= 4 is 29.0 Å². The molecule has 0 radical (unpaired) electrons. The van der Waals surface area contributed by atoms with Gasteiger partial charge in [-0.25, -0.2) is 9.97 Å². The maximum absolute atomic E-state index is 13.2. The highest BCUT2D eigenvalue weighted by Crippen LogP contribution is 2.27. The third kappa shape index (κ3) is 5.22. The highest BCUT2D eigenvalue weighted by molar-refractivity contribution is 7.15. The molecule has 0 aromatic carbocycles. The molecular weight excluding hydrogens is 414 g/mol. The number of anilines is 1. The predicted molar refractivity (Wildman–Crippen MR) is 120 cm³/mol. The largest absolute Gasteiger partial charge is 0.391 e. The molecule has 2 aliphatic heterocycles. The van der Waals surface area contributed by atoms with Gasteiger partial charge in [-0.1, -0.05) is 0 Å². The zero-order valence-corrected chi connectivity index (χ0v) is 18.8. The third-order valence-corrected chi connectivity index (χ3v) is 6.88. The van der Waals surface area contributed by atoms with E-state index in [4.69, 9.17) is 4.98 Å². The number of carbonyl (C=O) groups excluding carboxylic acids is 2. The molecule has 166 valence electrons. The molecule has 31 heavy (non-hydrogen) atoms. The van der Waals surface area contributed by atoms with E-state index >= 15 is 0 Å². The van der Waals surface area contributed by atoms with Gasteiger partial charge in [-0.3, -0.25) is 9.59 Å². The maximum Gasteiger partial charge on any atom is 0.272 e. The maximum atomic E-state index is 13.2. The van der Waals surface area contributed by atoms with Crippen molar-refractivity contribution in [2.75, 3.05) is 31.5 Å². The summed E-state index contributed by atoms with van der Waals surface area (Å²) in [6, 6.07) is 5.89. The fraction of sp³-hybridized carbons (Fsp3) is 0.545. The number of likely N-dealkylation sites (tertiary alicyclic amines) is 2. The average molecular weight is 444 g/mol. The third-order valence-electron chi connectivity index (χ3n) is 5.88. The van der Waals surface area contributed by atoms with E-state index in [9.17, 15) is 14.7 Å². The number of hydrogen-bond acceptors (Lipinski definition) is 7. The van der Waals surface area contributed by atoms with Gasteiger partial charge >= 0.3 is 0 Å². The van der Waals surface area contributed by atoms with E-state index in [1.54, 1.807) is 29.2 Å². The van der Waals surface area contributed by atoms with Gasteiger partial charge in [0.05, 0.1) is 11.0 Å². The topological polar surface area (TPSA) is 98.7 Å². The van der Waals surface area contributed by atoms with Crippen LogP contribution >= 0.6 is 11.3 Å². The predicted octanol–water partition coefficient (Wildman–Crippen LogP) is 2.53. The lowest BCUT2D eigenvalue weighted by Gasteiger charge is -2.32. The van der Waals surface area contributed by atoms with Gasteiger partial charge in [0, 0.05) is 50.1 Å². The summed E-state index contributed by atoms with van der Waals surface area (Å²) >= 11 is 1.59. The van der Waals surface area contributed by atoms with Gasteiger partial charge in [-0.15, -0.1) is 11.3 Å². The summed E-state index contributed by atoms with van der Waals surface area (Å²) in [6.07, 6.45) is 2.69. The second-order valence-corrected chi connectivity index (χ2v) is 9.63. The Labute approximate surface area is 186 Å². The summed E-state index contributed by atoms with van der Waals surface area (Å²) in [5.41, 5.74) is 0.342. The highest BCUT2D eigenvalue weighted by atomic mass is 32.1. The van der Waals surface area contributed by atoms with Crippen LogP contribution in [0.15, 0.2) is 18.2 Å². The zero-order valence-electron chi connectivity index (χ0n) is 18.0. The molecule has 2 N–H and O–H groups in total. The summed E-state index contributed by atoms with van der Waals surface area (Å²) < 4.78 is 0. The number of aryl methyl sites for hydroxylation is 1. The molecule has 2 aromatic heterocycles. The van der Waals surface area contributed by atoms with Crippen LogP contribution in [0.3, 0.4) is 0 Å². The summed E-state index contributed by atoms with van der Waals surface area (Å²) in [5, 5.41) is 13.4. The van der Waals surface area contributed by atoms with Crippen molar-refractivity contribution < 1.29 is 14.7 Å². The number of aliphatic hydroxyl groups is 1. The van der Waals surface area contributed by atoms with Gasteiger partial charge in [-0.05, 0) is 44.7 Å². The van der Waals surface area contributed by atoms with Crippen LogP contribution in [0.4, 0.5) is 5.82 Å². The minimum atomic E-state index is -0.483. The van der Waals surface area contributed by atoms with Crippen LogP contribution < -0.4 is 5.32 Å². The Bertz CT molecular complexity index is 954. The van der Waals surface area contributed by atoms with E-state index in [1.165, 1.54) is 0 Å². The molecule has 0 saturated carbocycles. The van der Waals surface area contributed by atoms with Crippen LogP contribution in [0.25, 0.3) is 10.7 Å². The van der Waals surface area contributed by atoms with Crippen molar-refractivity contribution in [3.05, 3.63) is 28.8 Å².